The van der Waals surface area contributed by atoms with Crippen LogP contribution >= 0.6 is 11.3 Å². The van der Waals surface area contributed by atoms with Crippen LogP contribution in [0.25, 0.3) is 0 Å². The Hall–Kier alpha value is -1.63. The zero-order chi connectivity index (χ0) is 14.2. The number of carboxylic acids is 1. The van der Waals surface area contributed by atoms with Crippen LogP contribution in [0.3, 0.4) is 0 Å². The Morgan fingerprint density at radius 2 is 2.11 bits per heavy atom. The van der Waals surface area contributed by atoms with E-state index in [4.69, 9.17) is 5.11 Å². The lowest BCUT2D eigenvalue weighted by atomic mass is 10.0. The van der Waals surface area contributed by atoms with Gasteiger partial charge in [-0.25, -0.2) is 9.78 Å². The number of hydrogen-bond donors (Lipinski definition) is 2. The molecule has 2 amide bonds. The fourth-order valence-corrected chi connectivity index (χ4v) is 3.02. The highest BCUT2D eigenvalue weighted by molar-refractivity contribution is 7.11. The summed E-state index contributed by atoms with van der Waals surface area (Å²) < 4.78 is 0. The summed E-state index contributed by atoms with van der Waals surface area (Å²) in [6.45, 7) is 6.34. The third-order valence-corrected chi connectivity index (χ3v) is 4.45. The summed E-state index contributed by atoms with van der Waals surface area (Å²) in [5, 5.41) is 12.6. The molecular weight excluding hydrogens is 266 g/mol. The number of amides is 2. The second kappa shape index (κ2) is 5.16. The predicted molar refractivity (Wildman–Crippen MR) is 71.2 cm³/mol. The maximum absolute atomic E-state index is 11.9. The van der Waals surface area contributed by atoms with Gasteiger partial charge in [-0.3, -0.25) is 4.79 Å². The lowest BCUT2D eigenvalue weighted by Gasteiger charge is -2.37. The third-order valence-electron chi connectivity index (χ3n) is 3.19. The van der Waals surface area contributed by atoms with Crippen LogP contribution in [0.1, 0.15) is 28.5 Å². The molecule has 1 fully saturated rings. The minimum Gasteiger partial charge on any atom is -0.481 e. The summed E-state index contributed by atoms with van der Waals surface area (Å²) in [6, 6.07) is -0.321. The Morgan fingerprint density at radius 1 is 1.47 bits per heavy atom. The molecular formula is C12H17N3O3S. The highest BCUT2D eigenvalue weighted by Gasteiger charge is 2.36. The topological polar surface area (TPSA) is 82.5 Å². The summed E-state index contributed by atoms with van der Waals surface area (Å²) in [7, 11) is 0. The first kappa shape index (κ1) is 13.8. The molecule has 0 saturated carbocycles. The number of likely N-dealkylation sites (tertiary alicyclic amines) is 1. The molecule has 19 heavy (non-hydrogen) atoms. The van der Waals surface area contributed by atoms with Crippen LogP contribution in [-0.2, 0) is 4.79 Å². The van der Waals surface area contributed by atoms with Gasteiger partial charge in [-0.05, 0) is 20.8 Å². The van der Waals surface area contributed by atoms with Crippen molar-refractivity contribution >= 4 is 23.3 Å². The number of carbonyl (C=O) groups is 2. The van der Waals surface area contributed by atoms with E-state index in [9.17, 15) is 9.59 Å². The number of carboxylic acid groups (broad SMARTS) is 1. The van der Waals surface area contributed by atoms with Crippen LogP contribution in [0.5, 0.6) is 0 Å². The Labute approximate surface area is 115 Å². The minimum absolute atomic E-state index is 0.109. The fraction of sp³-hybridized carbons (Fsp3) is 0.583. The molecule has 1 aromatic rings. The number of urea groups is 1. The van der Waals surface area contributed by atoms with Crippen LogP contribution in [0.4, 0.5) is 4.79 Å². The number of aryl methyl sites for hydroxylation is 2. The van der Waals surface area contributed by atoms with Crippen molar-refractivity contribution in [2.75, 3.05) is 13.1 Å². The van der Waals surface area contributed by atoms with E-state index in [0.29, 0.717) is 0 Å². The fourth-order valence-electron chi connectivity index (χ4n) is 2.09. The molecule has 1 atom stereocenters. The lowest BCUT2D eigenvalue weighted by molar-refractivity contribution is -0.146. The van der Waals surface area contributed by atoms with Gasteiger partial charge in [-0.2, -0.15) is 0 Å². The first-order chi connectivity index (χ1) is 8.88. The molecule has 1 aromatic heterocycles. The molecule has 0 bridgehead atoms. The molecule has 1 aliphatic heterocycles. The molecule has 1 unspecified atom stereocenters. The second-order valence-corrected chi connectivity index (χ2v) is 6.03. The first-order valence-electron chi connectivity index (χ1n) is 6.10. The summed E-state index contributed by atoms with van der Waals surface area (Å²) in [6.07, 6.45) is 0. The van der Waals surface area contributed by atoms with Crippen molar-refractivity contribution in [2.45, 2.75) is 26.8 Å². The van der Waals surface area contributed by atoms with Crippen LogP contribution in [0.2, 0.25) is 0 Å². The van der Waals surface area contributed by atoms with Gasteiger partial charge in [-0.15, -0.1) is 11.3 Å². The number of aromatic nitrogens is 1. The smallest absolute Gasteiger partial charge is 0.317 e. The Balaban J connectivity index is 1.90. The van der Waals surface area contributed by atoms with Crippen LogP contribution in [0.15, 0.2) is 0 Å². The highest BCUT2D eigenvalue weighted by atomic mass is 32.1. The zero-order valence-electron chi connectivity index (χ0n) is 11.1. The van der Waals surface area contributed by atoms with E-state index in [1.807, 2.05) is 20.8 Å². The van der Waals surface area contributed by atoms with Gasteiger partial charge >= 0.3 is 12.0 Å². The Morgan fingerprint density at radius 3 is 2.58 bits per heavy atom. The van der Waals surface area contributed by atoms with Crippen molar-refractivity contribution in [1.82, 2.24) is 15.2 Å². The molecule has 2 heterocycles. The average molecular weight is 283 g/mol. The van der Waals surface area contributed by atoms with Gasteiger partial charge < -0.3 is 15.3 Å². The van der Waals surface area contributed by atoms with E-state index in [0.717, 1.165) is 15.6 Å². The van der Waals surface area contributed by atoms with E-state index >= 15 is 0 Å². The number of nitrogens with one attached hydrogen (secondary N) is 1. The Bertz CT molecular complexity index is 508. The van der Waals surface area contributed by atoms with E-state index in [2.05, 4.69) is 10.3 Å². The van der Waals surface area contributed by atoms with Crippen LogP contribution < -0.4 is 5.32 Å². The maximum atomic E-state index is 11.9. The summed E-state index contributed by atoms with van der Waals surface area (Å²) in [4.78, 5) is 29.5. The first-order valence-corrected chi connectivity index (χ1v) is 6.92. The normalized spacial score (nSPS) is 16.9. The molecule has 7 heteroatoms. The number of nitrogens with zero attached hydrogens (tertiary/aromatic N) is 2. The SMILES string of the molecule is Cc1nc(C)c(C(C)NC(=O)N2CC(C(=O)O)C2)s1. The monoisotopic (exact) mass is 283 g/mol. The number of rotatable bonds is 3. The van der Waals surface area contributed by atoms with Gasteiger partial charge in [-0.1, -0.05) is 0 Å². The van der Waals surface area contributed by atoms with Crippen molar-refractivity contribution < 1.29 is 14.7 Å². The van der Waals surface area contributed by atoms with Gasteiger partial charge in [0.25, 0.3) is 0 Å². The molecule has 0 radical (unpaired) electrons. The highest BCUT2D eigenvalue weighted by Crippen LogP contribution is 2.25. The standard InChI is InChI=1S/C12H17N3O3S/c1-6-10(19-8(3)13-6)7(2)14-12(18)15-4-9(5-15)11(16)17/h7,9H,4-5H2,1-3H3,(H,14,18)(H,16,17). The second-order valence-electron chi connectivity index (χ2n) is 4.79. The van der Waals surface area contributed by atoms with E-state index < -0.39 is 11.9 Å². The quantitative estimate of drug-likeness (QED) is 0.881. The number of hydrogen-bond acceptors (Lipinski definition) is 4. The minimum atomic E-state index is -0.842. The van der Waals surface area contributed by atoms with Gasteiger partial charge in [0.15, 0.2) is 0 Å². The van der Waals surface area contributed by atoms with Crippen molar-refractivity contribution in [2.24, 2.45) is 5.92 Å². The largest absolute Gasteiger partial charge is 0.481 e. The molecule has 0 spiro atoms. The van der Waals surface area contributed by atoms with Crippen molar-refractivity contribution in [3.05, 3.63) is 15.6 Å². The summed E-state index contributed by atoms with van der Waals surface area (Å²) >= 11 is 1.57. The molecule has 2 rings (SSSR count). The zero-order valence-corrected chi connectivity index (χ0v) is 12.0. The van der Waals surface area contributed by atoms with E-state index in [-0.39, 0.29) is 25.2 Å². The van der Waals surface area contributed by atoms with E-state index in [1.165, 1.54) is 4.90 Å². The molecule has 1 aliphatic rings. The molecule has 2 N–H and O–H groups in total. The number of aliphatic carboxylic acids is 1. The van der Waals surface area contributed by atoms with Gasteiger partial charge in [0.1, 0.15) is 0 Å². The molecule has 104 valence electrons. The number of carbonyl (C=O) groups excluding carboxylic acids is 1. The lowest BCUT2D eigenvalue weighted by Crippen LogP contribution is -2.56. The summed E-state index contributed by atoms with van der Waals surface area (Å²) in [5.74, 6) is -1.26. The van der Waals surface area contributed by atoms with Crippen molar-refractivity contribution in [3.63, 3.8) is 0 Å². The van der Waals surface area contributed by atoms with Crippen molar-refractivity contribution in [1.29, 1.82) is 0 Å². The Kier molecular flexibility index (Phi) is 3.75. The van der Waals surface area contributed by atoms with Gasteiger partial charge in [0, 0.05) is 18.0 Å². The van der Waals surface area contributed by atoms with E-state index in [1.54, 1.807) is 11.3 Å². The van der Waals surface area contributed by atoms with Gasteiger partial charge in [0.2, 0.25) is 0 Å². The summed E-state index contributed by atoms with van der Waals surface area (Å²) in [5.41, 5.74) is 0.933. The number of thiazole rings is 1. The maximum Gasteiger partial charge on any atom is 0.317 e. The average Bonchev–Trinajstić information content (AvgIpc) is 2.54. The molecule has 0 aromatic carbocycles. The molecule has 0 aliphatic carbocycles. The third kappa shape index (κ3) is 2.86. The molecule has 6 nitrogen and oxygen atoms in total. The predicted octanol–water partition coefficient (Wildman–Crippen LogP) is 1.55. The van der Waals surface area contributed by atoms with Crippen molar-refractivity contribution in [3.8, 4) is 0 Å². The van der Waals surface area contributed by atoms with Crippen LogP contribution in [-0.4, -0.2) is 40.1 Å². The van der Waals surface area contributed by atoms with Gasteiger partial charge in [0.05, 0.1) is 22.7 Å². The molecule has 1 saturated heterocycles. The van der Waals surface area contributed by atoms with Crippen LogP contribution in [0, 0.1) is 19.8 Å².